The molecule has 2 atom stereocenters. The van der Waals surface area contributed by atoms with Crippen molar-refractivity contribution in [1.82, 2.24) is 5.32 Å². The minimum absolute atomic E-state index is 0.0882. The molecule has 5 heteroatoms. The van der Waals surface area contributed by atoms with Crippen molar-refractivity contribution in [3.05, 3.63) is 53.6 Å². The lowest BCUT2D eigenvalue weighted by molar-refractivity contribution is -0.128. The SMILES string of the molecule is CC(C)C(NC(=O)C1Cc2ccccc2O1)c1ccc2c(c1)OCCO2. The van der Waals surface area contributed by atoms with Crippen LogP contribution in [0.4, 0.5) is 0 Å². The highest BCUT2D eigenvalue weighted by Crippen LogP contribution is 2.35. The molecule has 0 bridgehead atoms. The Morgan fingerprint density at radius 1 is 1.04 bits per heavy atom. The molecule has 136 valence electrons. The molecule has 0 aromatic heterocycles. The second-order valence-electron chi connectivity index (χ2n) is 7.05. The van der Waals surface area contributed by atoms with Crippen LogP contribution in [0, 0.1) is 5.92 Å². The number of amides is 1. The molecular weight excluding hydrogens is 330 g/mol. The Bertz CT molecular complexity index is 792. The number of fused-ring (bicyclic) bond motifs is 2. The summed E-state index contributed by atoms with van der Waals surface area (Å²) in [6, 6.07) is 13.5. The molecule has 0 saturated heterocycles. The predicted octanol–water partition coefficient (Wildman–Crippen LogP) is 3.27. The largest absolute Gasteiger partial charge is 0.486 e. The van der Waals surface area contributed by atoms with E-state index in [0.29, 0.717) is 19.6 Å². The van der Waals surface area contributed by atoms with Crippen molar-refractivity contribution in [1.29, 1.82) is 0 Å². The highest BCUT2D eigenvalue weighted by molar-refractivity contribution is 5.83. The zero-order chi connectivity index (χ0) is 18.1. The number of hydrogen-bond donors (Lipinski definition) is 1. The number of benzene rings is 2. The summed E-state index contributed by atoms with van der Waals surface area (Å²) in [5.41, 5.74) is 2.08. The molecule has 1 amide bonds. The highest BCUT2D eigenvalue weighted by atomic mass is 16.6. The molecule has 26 heavy (non-hydrogen) atoms. The van der Waals surface area contributed by atoms with Crippen LogP contribution in [0.3, 0.4) is 0 Å². The van der Waals surface area contributed by atoms with E-state index < -0.39 is 6.10 Å². The topological polar surface area (TPSA) is 56.8 Å². The first-order valence-corrected chi connectivity index (χ1v) is 9.06. The Morgan fingerprint density at radius 2 is 1.81 bits per heavy atom. The molecule has 2 heterocycles. The first kappa shape index (κ1) is 16.8. The summed E-state index contributed by atoms with van der Waals surface area (Å²) in [5, 5.41) is 3.16. The van der Waals surface area contributed by atoms with Gasteiger partial charge in [-0.15, -0.1) is 0 Å². The molecular formula is C21H23NO4. The monoisotopic (exact) mass is 353 g/mol. The Kier molecular flexibility index (Phi) is 4.45. The van der Waals surface area contributed by atoms with Gasteiger partial charge in [-0.3, -0.25) is 4.79 Å². The van der Waals surface area contributed by atoms with Crippen LogP contribution >= 0.6 is 0 Å². The lowest BCUT2D eigenvalue weighted by Gasteiger charge is -2.26. The number of carbonyl (C=O) groups is 1. The third-order valence-corrected chi connectivity index (χ3v) is 4.83. The van der Waals surface area contributed by atoms with Crippen LogP contribution in [0.2, 0.25) is 0 Å². The maximum absolute atomic E-state index is 12.8. The Balaban J connectivity index is 1.50. The van der Waals surface area contributed by atoms with E-state index in [9.17, 15) is 4.79 Å². The first-order valence-electron chi connectivity index (χ1n) is 9.06. The van der Waals surface area contributed by atoms with E-state index >= 15 is 0 Å². The van der Waals surface area contributed by atoms with Gasteiger partial charge in [-0.25, -0.2) is 0 Å². The quantitative estimate of drug-likeness (QED) is 0.916. The molecule has 0 spiro atoms. The van der Waals surface area contributed by atoms with Crippen molar-refractivity contribution in [2.24, 2.45) is 5.92 Å². The van der Waals surface area contributed by atoms with Gasteiger partial charge in [-0.1, -0.05) is 38.1 Å². The van der Waals surface area contributed by atoms with Gasteiger partial charge in [-0.2, -0.15) is 0 Å². The highest BCUT2D eigenvalue weighted by Gasteiger charge is 2.31. The molecule has 0 fully saturated rings. The van der Waals surface area contributed by atoms with Gasteiger partial charge in [0.15, 0.2) is 17.6 Å². The fraction of sp³-hybridized carbons (Fsp3) is 0.381. The molecule has 4 rings (SSSR count). The maximum Gasteiger partial charge on any atom is 0.261 e. The fourth-order valence-electron chi connectivity index (χ4n) is 3.46. The molecule has 2 aliphatic heterocycles. The number of rotatable bonds is 4. The molecule has 0 saturated carbocycles. The molecule has 2 unspecified atom stereocenters. The number of para-hydroxylation sites is 1. The van der Waals surface area contributed by atoms with Crippen molar-refractivity contribution >= 4 is 5.91 Å². The molecule has 0 radical (unpaired) electrons. The van der Waals surface area contributed by atoms with Crippen LogP contribution in [0.25, 0.3) is 0 Å². The second kappa shape index (κ2) is 6.90. The summed E-state index contributed by atoms with van der Waals surface area (Å²) < 4.78 is 17.1. The van der Waals surface area contributed by atoms with Gasteiger partial charge in [0.2, 0.25) is 0 Å². The fourth-order valence-corrected chi connectivity index (χ4v) is 3.46. The van der Waals surface area contributed by atoms with Crippen LogP contribution in [-0.2, 0) is 11.2 Å². The summed E-state index contributed by atoms with van der Waals surface area (Å²) in [4.78, 5) is 12.8. The van der Waals surface area contributed by atoms with Gasteiger partial charge >= 0.3 is 0 Å². The normalized spacial score (nSPS) is 18.8. The van der Waals surface area contributed by atoms with E-state index in [2.05, 4.69) is 19.2 Å². The van der Waals surface area contributed by atoms with E-state index in [-0.39, 0.29) is 17.9 Å². The van der Waals surface area contributed by atoms with E-state index in [4.69, 9.17) is 14.2 Å². The third-order valence-electron chi connectivity index (χ3n) is 4.83. The molecule has 2 aliphatic rings. The van der Waals surface area contributed by atoms with Crippen molar-refractivity contribution in [2.75, 3.05) is 13.2 Å². The number of nitrogens with one attached hydrogen (secondary N) is 1. The van der Waals surface area contributed by atoms with Crippen molar-refractivity contribution in [3.63, 3.8) is 0 Å². The standard InChI is InChI=1S/C21H23NO4/c1-13(2)20(15-7-8-17-18(12-15)25-10-9-24-17)22-21(23)19-11-14-5-3-4-6-16(14)26-19/h3-8,12-13,19-20H,9-11H2,1-2H3,(H,22,23). The number of hydrogen-bond acceptors (Lipinski definition) is 4. The first-order chi connectivity index (χ1) is 12.6. The molecule has 5 nitrogen and oxygen atoms in total. The van der Waals surface area contributed by atoms with Crippen molar-refractivity contribution < 1.29 is 19.0 Å². The van der Waals surface area contributed by atoms with Gasteiger partial charge < -0.3 is 19.5 Å². The molecule has 0 aliphatic carbocycles. The second-order valence-corrected chi connectivity index (χ2v) is 7.05. The summed E-state index contributed by atoms with van der Waals surface area (Å²) in [5.74, 6) is 2.43. The zero-order valence-corrected chi connectivity index (χ0v) is 15.0. The maximum atomic E-state index is 12.8. The summed E-state index contributed by atoms with van der Waals surface area (Å²) in [6.45, 7) is 5.29. The zero-order valence-electron chi connectivity index (χ0n) is 15.0. The van der Waals surface area contributed by atoms with Gasteiger partial charge in [0, 0.05) is 6.42 Å². The molecule has 1 N–H and O–H groups in total. The number of carbonyl (C=O) groups excluding carboxylic acids is 1. The van der Waals surface area contributed by atoms with Crippen LogP contribution in [0.1, 0.15) is 31.0 Å². The van der Waals surface area contributed by atoms with E-state index in [1.165, 1.54) is 0 Å². The minimum Gasteiger partial charge on any atom is -0.486 e. The van der Waals surface area contributed by atoms with Crippen LogP contribution in [0.15, 0.2) is 42.5 Å². The Hall–Kier alpha value is -2.69. The van der Waals surface area contributed by atoms with Gasteiger partial charge in [0.1, 0.15) is 19.0 Å². The smallest absolute Gasteiger partial charge is 0.261 e. The van der Waals surface area contributed by atoms with Gasteiger partial charge in [-0.05, 0) is 35.2 Å². The lowest BCUT2D eigenvalue weighted by Crippen LogP contribution is -2.41. The van der Waals surface area contributed by atoms with E-state index in [1.54, 1.807) is 0 Å². The molecule has 2 aromatic rings. The summed E-state index contributed by atoms with van der Waals surface area (Å²) in [6.07, 6.45) is 0.124. The van der Waals surface area contributed by atoms with E-state index in [0.717, 1.165) is 28.4 Å². The minimum atomic E-state index is -0.481. The van der Waals surface area contributed by atoms with Crippen molar-refractivity contribution in [3.8, 4) is 17.2 Å². The lowest BCUT2D eigenvalue weighted by atomic mass is 9.95. The Morgan fingerprint density at radius 3 is 2.58 bits per heavy atom. The Labute approximate surface area is 153 Å². The van der Waals surface area contributed by atoms with Gasteiger partial charge in [0.25, 0.3) is 5.91 Å². The van der Waals surface area contributed by atoms with E-state index in [1.807, 2.05) is 42.5 Å². The van der Waals surface area contributed by atoms with Crippen LogP contribution < -0.4 is 19.5 Å². The van der Waals surface area contributed by atoms with Crippen LogP contribution in [0.5, 0.6) is 17.2 Å². The third kappa shape index (κ3) is 3.21. The molecule has 2 aromatic carbocycles. The summed E-state index contributed by atoms with van der Waals surface area (Å²) >= 11 is 0. The number of ether oxygens (including phenoxy) is 3. The average Bonchev–Trinajstić information content (AvgIpc) is 3.09. The van der Waals surface area contributed by atoms with Gasteiger partial charge in [0.05, 0.1) is 6.04 Å². The average molecular weight is 353 g/mol. The van der Waals surface area contributed by atoms with Crippen LogP contribution in [-0.4, -0.2) is 25.2 Å². The van der Waals surface area contributed by atoms with Crippen molar-refractivity contribution in [2.45, 2.75) is 32.4 Å². The summed E-state index contributed by atoms with van der Waals surface area (Å²) in [7, 11) is 0. The predicted molar refractivity (Wildman–Crippen MR) is 97.7 cm³/mol.